The van der Waals surface area contributed by atoms with Gasteiger partial charge in [0.25, 0.3) is 0 Å². The molecule has 3 rings (SSSR count). The minimum absolute atomic E-state index is 0.238. The molecule has 2 aromatic carbocycles. The predicted molar refractivity (Wildman–Crippen MR) is 106 cm³/mol. The lowest BCUT2D eigenvalue weighted by Crippen LogP contribution is -2.31. The molecule has 1 saturated heterocycles. The van der Waals surface area contributed by atoms with Crippen molar-refractivity contribution in [2.75, 3.05) is 13.2 Å². The van der Waals surface area contributed by atoms with E-state index in [1.54, 1.807) is 12.1 Å². The molecule has 1 N–H and O–H groups in total. The first-order chi connectivity index (χ1) is 12.1. The van der Waals surface area contributed by atoms with E-state index >= 15 is 0 Å². The summed E-state index contributed by atoms with van der Waals surface area (Å²) in [6.07, 6.45) is 2.43. The number of benzene rings is 2. The molecule has 1 atom stereocenters. The molecule has 6 heteroatoms. The first-order valence-electron chi connectivity index (χ1n) is 8.19. The van der Waals surface area contributed by atoms with Crippen molar-refractivity contribution in [3.8, 4) is 5.75 Å². The molecular weight excluding hydrogens is 377 g/mol. The van der Waals surface area contributed by atoms with Gasteiger partial charge >= 0.3 is 0 Å². The van der Waals surface area contributed by atoms with E-state index in [1.807, 2.05) is 30.3 Å². The van der Waals surface area contributed by atoms with Gasteiger partial charge in [-0.05, 0) is 42.7 Å². The first kappa shape index (κ1) is 18.5. The van der Waals surface area contributed by atoms with Gasteiger partial charge < -0.3 is 14.8 Å². The van der Waals surface area contributed by atoms with Crippen LogP contribution < -0.4 is 10.1 Å². The number of hydrogen-bond donors (Lipinski definition) is 1. The Morgan fingerprint density at radius 3 is 2.80 bits per heavy atom. The molecule has 0 aromatic heterocycles. The molecular formula is C19H19Cl2NO2S. The quantitative estimate of drug-likeness (QED) is 0.695. The summed E-state index contributed by atoms with van der Waals surface area (Å²) >= 11 is 17.5. The normalized spacial score (nSPS) is 16.6. The zero-order valence-electron chi connectivity index (χ0n) is 13.6. The van der Waals surface area contributed by atoms with Crippen LogP contribution in [0.1, 0.15) is 24.0 Å². The fourth-order valence-electron chi connectivity index (χ4n) is 2.68. The van der Waals surface area contributed by atoms with Crippen molar-refractivity contribution in [3.05, 3.63) is 63.6 Å². The molecule has 1 aliphatic rings. The monoisotopic (exact) mass is 395 g/mol. The standard InChI is InChI=1S/C19H19Cl2NO2S/c20-16-8-7-13(10-17(16)21)12-24-18-6-2-1-5-15(18)19(25)22-11-14-4-3-9-23-14/h1-2,5-8,10,14H,3-4,9,11-12H2,(H,22,25)/t14-/m1/s1. The maximum atomic E-state index is 6.05. The van der Waals surface area contributed by atoms with E-state index in [-0.39, 0.29) is 6.10 Å². The minimum atomic E-state index is 0.238. The molecule has 1 aliphatic heterocycles. The number of ether oxygens (including phenoxy) is 2. The van der Waals surface area contributed by atoms with Crippen LogP contribution in [0.4, 0.5) is 0 Å². The van der Waals surface area contributed by atoms with Gasteiger partial charge in [-0.2, -0.15) is 0 Å². The Bertz CT molecular complexity index is 748. The van der Waals surface area contributed by atoms with Crippen LogP contribution in [0.3, 0.4) is 0 Å². The summed E-state index contributed by atoms with van der Waals surface area (Å²) in [6, 6.07) is 13.2. The van der Waals surface area contributed by atoms with E-state index < -0.39 is 0 Å². The Hall–Kier alpha value is -1.33. The zero-order chi connectivity index (χ0) is 17.6. The lowest BCUT2D eigenvalue weighted by atomic mass is 10.2. The van der Waals surface area contributed by atoms with Crippen LogP contribution >= 0.6 is 35.4 Å². The summed E-state index contributed by atoms with van der Waals surface area (Å²) in [5.74, 6) is 0.735. The van der Waals surface area contributed by atoms with Crippen LogP contribution in [-0.2, 0) is 11.3 Å². The van der Waals surface area contributed by atoms with Crippen molar-refractivity contribution in [3.63, 3.8) is 0 Å². The van der Waals surface area contributed by atoms with Crippen molar-refractivity contribution >= 4 is 40.4 Å². The van der Waals surface area contributed by atoms with E-state index in [0.29, 0.717) is 21.6 Å². The molecule has 0 saturated carbocycles. The molecule has 1 heterocycles. The van der Waals surface area contributed by atoms with Gasteiger partial charge in [0.15, 0.2) is 0 Å². The minimum Gasteiger partial charge on any atom is -0.488 e. The molecule has 132 valence electrons. The molecule has 0 spiro atoms. The second-order valence-corrected chi connectivity index (χ2v) is 7.10. The molecule has 0 bridgehead atoms. The third kappa shape index (κ3) is 5.08. The van der Waals surface area contributed by atoms with Gasteiger partial charge in [0, 0.05) is 13.2 Å². The summed E-state index contributed by atoms with van der Waals surface area (Å²) in [5, 5.41) is 4.33. The highest BCUT2D eigenvalue weighted by Gasteiger charge is 2.16. The Balaban J connectivity index is 1.63. The van der Waals surface area contributed by atoms with Crippen molar-refractivity contribution < 1.29 is 9.47 Å². The second kappa shape index (κ2) is 8.86. The van der Waals surface area contributed by atoms with Crippen LogP contribution in [0.5, 0.6) is 5.75 Å². The van der Waals surface area contributed by atoms with Crippen LogP contribution in [0.25, 0.3) is 0 Å². The molecule has 2 aromatic rings. The molecule has 25 heavy (non-hydrogen) atoms. The summed E-state index contributed by atoms with van der Waals surface area (Å²) in [5.41, 5.74) is 1.82. The average Bonchev–Trinajstić information content (AvgIpc) is 3.14. The smallest absolute Gasteiger partial charge is 0.129 e. The fraction of sp³-hybridized carbons (Fsp3) is 0.316. The molecule has 0 unspecified atom stereocenters. The molecule has 0 amide bonds. The largest absolute Gasteiger partial charge is 0.488 e. The number of nitrogens with one attached hydrogen (secondary N) is 1. The van der Waals surface area contributed by atoms with Crippen molar-refractivity contribution in [1.29, 1.82) is 0 Å². The number of thiocarbonyl (C=S) groups is 1. The summed E-state index contributed by atoms with van der Waals surface area (Å²) < 4.78 is 11.6. The number of para-hydroxylation sites is 1. The Kier molecular flexibility index (Phi) is 6.54. The SMILES string of the molecule is S=C(NC[C@H]1CCCO1)c1ccccc1OCc1ccc(Cl)c(Cl)c1. The summed E-state index contributed by atoms with van der Waals surface area (Å²) in [6.45, 7) is 1.95. The Morgan fingerprint density at radius 2 is 2.04 bits per heavy atom. The predicted octanol–water partition coefficient (Wildman–Crippen LogP) is 5.02. The van der Waals surface area contributed by atoms with Crippen LogP contribution in [0, 0.1) is 0 Å². The van der Waals surface area contributed by atoms with Crippen LogP contribution in [0.2, 0.25) is 10.0 Å². The molecule has 0 aliphatic carbocycles. The van der Waals surface area contributed by atoms with Crippen LogP contribution in [-0.4, -0.2) is 24.2 Å². The number of halogens is 2. The van der Waals surface area contributed by atoms with Gasteiger partial charge in [-0.1, -0.05) is 53.6 Å². The van der Waals surface area contributed by atoms with E-state index in [1.165, 1.54) is 0 Å². The van der Waals surface area contributed by atoms with Crippen molar-refractivity contribution in [2.24, 2.45) is 0 Å². The highest BCUT2D eigenvalue weighted by molar-refractivity contribution is 7.80. The van der Waals surface area contributed by atoms with Crippen molar-refractivity contribution in [1.82, 2.24) is 5.32 Å². The highest BCUT2D eigenvalue weighted by atomic mass is 35.5. The van der Waals surface area contributed by atoms with E-state index in [2.05, 4.69) is 5.32 Å². The maximum Gasteiger partial charge on any atom is 0.129 e. The Morgan fingerprint density at radius 1 is 1.20 bits per heavy atom. The lowest BCUT2D eigenvalue weighted by Gasteiger charge is -2.16. The van der Waals surface area contributed by atoms with E-state index in [4.69, 9.17) is 44.9 Å². The van der Waals surface area contributed by atoms with Crippen LogP contribution in [0.15, 0.2) is 42.5 Å². The van der Waals surface area contributed by atoms with Gasteiger partial charge in [0.05, 0.1) is 21.7 Å². The highest BCUT2D eigenvalue weighted by Crippen LogP contribution is 2.24. The molecule has 1 fully saturated rings. The van der Waals surface area contributed by atoms with E-state index in [9.17, 15) is 0 Å². The van der Waals surface area contributed by atoms with Crippen molar-refractivity contribution in [2.45, 2.75) is 25.6 Å². The topological polar surface area (TPSA) is 30.5 Å². The number of rotatable bonds is 6. The molecule has 3 nitrogen and oxygen atoms in total. The Labute approximate surface area is 163 Å². The van der Waals surface area contributed by atoms with Gasteiger partial charge in [0.1, 0.15) is 17.3 Å². The fourth-order valence-corrected chi connectivity index (χ4v) is 3.25. The lowest BCUT2D eigenvalue weighted by molar-refractivity contribution is 0.114. The van der Waals surface area contributed by atoms with Gasteiger partial charge in [0.2, 0.25) is 0 Å². The third-order valence-electron chi connectivity index (χ3n) is 4.02. The van der Waals surface area contributed by atoms with Gasteiger partial charge in [-0.15, -0.1) is 0 Å². The average molecular weight is 396 g/mol. The van der Waals surface area contributed by atoms with Gasteiger partial charge in [-0.3, -0.25) is 0 Å². The summed E-state index contributed by atoms with van der Waals surface area (Å²) in [7, 11) is 0. The third-order valence-corrected chi connectivity index (χ3v) is 5.13. The second-order valence-electron chi connectivity index (χ2n) is 5.88. The van der Waals surface area contributed by atoms with E-state index in [0.717, 1.165) is 42.9 Å². The zero-order valence-corrected chi connectivity index (χ0v) is 16.0. The summed E-state index contributed by atoms with van der Waals surface area (Å²) in [4.78, 5) is 0.667. The molecule has 0 radical (unpaired) electrons. The maximum absolute atomic E-state index is 6.05. The van der Waals surface area contributed by atoms with Gasteiger partial charge in [-0.25, -0.2) is 0 Å². The first-order valence-corrected chi connectivity index (χ1v) is 9.35. The number of hydrogen-bond acceptors (Lipinski definition) is 3.